The minimum absolute atomic E-state index is 0.0194. The Hall–Kier alpha value is -3.43. The van der Waals surface area contributed by atoms with E-state index in [0.717, 1.165) is 9.87 Å². The third-order valence-electron chi connectivity index (χ3n) is 4.95. The maximum absolute atomic E-state index is 13.9. The summed E-state index contributed by atoms with van der Waals surface area (Å²) in [5, 5.41) is 2.44. The fraction of sp³-hybridized carbons (Fsp3) is 0.208. The maximum Gasteiger partial charge on any atom is 0.243 e. The molecule has 0 bridgehead atoms. The predicted molar refractivity (Wildman–Crippen MR) is 123 cm³/mol. The number of carbonyl (C=O) groups excluding carboxylic acids is 1. The van der Waals surface area contributed by atoms with Crippen LogP contribution in [0.3, 0.4) is 0 Å². The zero-order valence-corrected chi connectivity index (χ0v) is 19.1. The Labute approximate surface area is 192 Å². The Morgan fingerprint density at radius 1 is 0.939 bits per heavy atom. The number of methoxy groups -OCH3 is 2. The number of anilines is 1. The molecule has 33 heavy (non-hydrogen) atoms. The van der Waals surface area contributed by atoms with E-state index in [1.54, 1.807) is 6.07 Å². The lowest BCUT2D eigenvalue weighted by Gasteiger charge is -2.22. The van der Waals surface area contributed by atoms with Crippen LogP contribution in [0, 0.1) is 5.82 Å². The van der Waals surface area contributed by atoms with E-state index in [9.17, 15) is 17.6 Å². The third kappa shape index (κ3) is 6.09. The van der Waals surface area contributed by atoms with Crippen molar-refractivity contribution in [3.8, 4) is 11.5 Å². The number of sulfonamides is 1. The van der Waals surface area contributed by atoms with Crippen molar-refractivity contribution < 1.29 is 27.1 Å². The predicted octanol–water partition coefficient (Wildman–Crippen LogP) is 3.72. The van der Waals surface area contributed by atoms with E-state index >= 15 is 0 Å². The van der Waals surface area contributed by atoms with Crippen LogP contribution in [-0.4, -0.2) is 45.9 Å². The van der Waals surface area contributed by atoms with Gasteiger partial charge in [-0.3, -0.25) is 4.79 Å². The molecule has 0 aliphatic rings. The first-order valence-electron chi connectivity index (χ1n) is 10.2. The number of amides is 1. The molecule has 0 radical (unpaired) electrons. The average molecular weight is 473 g/mol. The fourth-order valence-electron chi connectivity index (χ4n) is 3.22. The van der Waals surface area contributed by atoms with Crippen molar-refractivity contribution >= 4 is 21.6 Å². The van der Waals surface area contributed by atoms with Gasteiger partial charge < -0.3 is 14.8 Å². The van der Waals surface area contributed by atoms with Crippen LogP contribution in [-0.2, 0) is 21.2 Å². The molecule has 9 heteroatoms. The summed E-state index contributed by atoms with van der Waals surface area (Å²) in [6.07, 6.45) is 0.389. The molecule has 0 fully saturated rings. The van der Waals surface area contributed by atoms with Gasteiger partial charge in [0, 0.05) is 12.6 Å². The number of carbonyl (C=O) groups is 1. The van der Waals surface area contributed by atoms with E-state index in [0.29, 0.717) is 12.2 Å². The van der Waals surface area contributed by atoms with Crippen molar-refractivity contribution in [2.75, 3.05) is 32.6 Å². The van der Waals surface area contributed by atoms with Crippen molar-refractivity contribution in [3.63, 3.8) is 0 Å². The first-order valence-corrected chi connectivity index (χ1v) is 11.6. The molecule has 0 heterocycles. The molecule has 1 amide bonds. The fourth-order valence-corrected chi connectivity index (χ4v) is 4.63. The Balaban J connectivity index is 1.88. The van der Waals surface area contributed by atoms with Gasteiger partial charge in [0.05, 0.1) is 31.3 Å². The molecule has 0 saturated heterocycles. The van der Waals surface area contributed by atoms with Gasteiger partial charge in [-0.1, -0.05) is 42.5 Å². The van der Waals surface area contributed by atoms with Gasteiger partial charge in [-0.05, 0) is 36.2 Å². The number of ether oxygens (including phenoxy) is 2. The van der Waals surface area contributed by atoms with Crippen molar-refractivity contribution in [2.45, 2.75) is 11.3 Å². The second kappa shape index (κ2) is 10.9. The number of halogens is 1. The first-order chi connectivity index (χ1) is 15.8. The summed E-state index contributed by atoms with van der Waals surface area (Å²) in [4.78, 5) is 12.6. The highest BCUT2D eigenvalue weighted by atomic mass is 32.2. The molecule has 3 aromatic carbocycles. The molecule has 0 saturated carbocycles. The SMILES string of the molecule is COc1ccc(S(=O)(=O)N(CCc2ccccc2)CC(=O)Nc2ccccc2F)cc1OC. The van der Waals surface area contributed by atoms with Crippen molar-refractivity contribution in [1.82, 2.24) is 4.31 Å². The highest BCUT2D eigenvalue weighted by molar-refractivity contribution is 7.89. The van der Waals surface area contributed by atoms with Crippen molar-refractivity contribution in [3.05, 3.63) is 84.2 Å². The second-order valence-corrected chi connectivity index (χ2v) is 9.06. The summed E-state index contributed by atoms with van der Waals surface area (Å²) < 4.78 is 52.3. The lowest BCUT2D eigenvalue weighted by Crippen LogP contribution is -2.39. The van der Waals surface area contributed by atoms with Crippen molar-refractivity contribution in [2.24, 2.45) is 0 Å². The molecule has 0 atom stereocenters. The van der Waals surface area contributed by atoms with Crippen LogP contribution in [0.4, 0.5) is 10.1 Å². The van der Waals surface area contributed by atoms with Crippen LogP contribution >= 0.6 is 0 Å². The maximum atomic E-state index is 13.9. The van der Waals surface area contributed by atoms with Crippen LogP contribution in [0.25, 0.3) is 0 Å². The smallest absolute Gasteiger partial charge is 0.243 e. The molecule has 0 aliphatic heterocycles. The Bertz CT molecular complexity index is 1200. The number of para-hydroxylation sites is 1. The Morgan fingerprint density at radius 2 is 1.61 bits per heavy atom. The molecule has 174 valence electrons. The first kappa shape index (κ1) is 24.2. The monoisotopic (exact) mass is 472 g/mol. The lowest BCUT2D eigenvalue weighted by atomic mass is 10.1. The molecule has 0 aromatic heterocycles. The average Bonchev–Trinajstić information content (AvgIpc) is 2.83. The zero-order valence-electron chi connectivity index (χ0n) is 18.3. The summed E-state index contributed by atoms with van der Waals surface area (Å²) in [6, 6.07) is 19.2. The molecule has 7 nitrogen and oxygen atoms in total. The normalized spacial score (nSPS) is 11.3. The quantitative estimate of drug-likeness (QED) is 0.486. The zero-order chi connectivity index (χ0) is 23.8. The summed E-state index contributed by atoms with van der Waals surface area (Å²) in [6.45, 7) is -0.441. The molecule has 0 aliphatic carbocycles. The number of rotatable bonds is 10. The van der Waals surface area contributed by atoms with Gasteiger partial charge in [-0.2, -0.15) is 4.31 Å². The molecule has 3 rings (SSSR count). The second-order valence-electron chi connectivity index (χ2n) is 7.12. The molecule has 1 N–H and O–H groups in total. The molecule has 0 spiro atoms. The minimum atomic E-state index is -4.08. The van der Waals surface area contributed by atoms with E-state index in [1.165, 1.54) is 50.6 Å². The highest BCUT2D eigenvalue weighted by Gasteiger charge is 2.28. The summed E-state index contributed by atoms with van der Waals surface area (Å²) >= 11 is 0. The Kier molecular flexibility index (Phi) is 8.02. The van der Waals surface area contributed by atoms with Crippen LogP contribution < -0.4 is 14.8 Å². The lowest BCUT2D eigenvalue weighted by molar-refractivity contribution is -0.116. The van der Waals surface area contributed by atoms with Crippen molar-refractivity contribution in [1.29, 1.82) is 0 Å². The number of hydrogen-bond donors (Lipinski definition) is 1. The van der Waals surface area contributed by atoms with Crippen LogP contribution in [0.2, 0.25) is 0 Å². The highest BCUT2D eigenvalue weighted by Crippen LogP contribution is 2.30. The van der Waals surface area contributed by atoms with Crippen LogP contribution in [0.5, 0.6) is 11.5 Å². The van der Waals surface area contributed by atoms with E-state index in [-0.39, 0.29) is 22.9 Å². The number of hydrogen-bond acceptors (Lipinski definition) is 5. The summed E-state index contributed by atoms with van der Waals surface area (Å²) in [5.74, 6) is -0.636. The number of nitrogens with zero attached hydrogens (tertiary/aromatic N) is 1. The van der Waals surface area contributed by atoms with E-state index in [2.05, 4.69) is 5.32 Å². The van der Waals surface area contributed by atoms with E-state index in [4.69, 9.17) is 9.47 Å². The Morgan fingerprint density at radius 3 is 2.27 bits per heavy atom. The van der Waals surface area contributed by atoms with Gasteiger partial charge in [0.15, 0.2) is 11.5 Å². The van der Waals surface area contributed by atoms with Gasteiger partial charge in [0.25, 0.3) is 0 Å². The van der Waals surface area contributed by atoms with E-state index < -0.39 is 28.3 Å². The molecule has 0 unspecified atom stereocenters. The topological polar surface area (TPSA) is 84.9 Å². The molecular formula is C24H25FN2O5S. The minimum Gasteiger partial charge on any atom is -0.493 e. The van der Waals surface area contributed by atoms with Crippen LogP contribution in [0.15, 0.2) is 77.7 Å². The largest absolute Gasteiger partial charge is 0.493 e. The standard InChI is InChI=1S/C24H25FN2O5S/c1-31-22-13-12-19(16-23(22)32-2)33(29,30)27(15-14-18-8-4-3-5-9-18)17-24(28)26-21-11-7-6-10-20(21)25/h3-13,16H,14-15,17H2,1-2H3,(H,26,28). The van der Waals surface area contributed by atoms with Crippen LogP contribution in [0.1, 0.15) is 5.56 Å². The van der Waals surface area contributed by atoms with Gasteiger partial charge >= 0.3 is 0 Å². The van der Waals surface area contributed by atoms with E-state index in [1.807, 2.05) is 30.3 Å². The van der Waals surface area contributed by atoms with Gasteiger partial charge in [0.2, 0.25) is 15.9 Å². The summed E-state index contributed by atoms with van der Waals surface area (Å²) in [5.41, 5.74) is 0.897. The summed E-state index contributed by atoms with van der Waals surface area (Å²) in [7, 11) is -1.23. The number of benzene rings is 3. The van der Waals surface area contributed by atoms with Gasteiger partial charge in [-0.25, -0.2) is 12.8 Å². The number of nitrogens with one attached hydrogen (secondary N) is 1. The third-order valence-corrected chi connectivity index (χ3v) is 6.79. The van der Waals surface area contributed by atoms with Gasteiger partial charge in [0.1, 0.15) is 5.82 Å². The van der Waals surface area contributed by atoms with Gasteiger partial charge in [-0.15, -0.1) is 0 Å². The molecule has 3 aromatic rings. The molecular weight excluding hydrogens is 447 g/mol.